The van der Waals surface area contributed by atoms with Gasteiger partial charge in [0.25, 0.3) is 11.5 Å². The number of likely N-dealkylation sites (tertiary alicyclic amines) is 1. The lowest BCUT2D eigenvalue weighted by Crippen LogP contribution is -2.56. The molecule has 0 aliphatic carbocycles. The number of ether oxygens (including phenoxy) is 1. The van der Waals surface area contributed by atoms with Gasteiger partial charge in [-0.05, 0) is 104 Å². The number of nitrogens with zero attached hydrogens (tertiary/aromatic N) is 2. The first-order chi connectivity index (χ1) is 18.1. The van der Waals surface area contributed by atoms with E-state index >= 15 is 0 Å². The van der Waals surface area contributed by atoms with E-state index in [0.717, 1.165) is 11.3 Å². The molecule has 2 amide bonds. The molecule has 2 unspecified atom stereocenters. The summed E-state index contributed by atoms with van der Waals surface area (Å²) in [6.07, 6.45) is 1.04. The highest BCUT2D eigenvalue weighted by molar-refractivity contribution is 5.97. The Morgan fingerprint density at radius 2 is 1.74 bits per heavy atom. The Bertz CT molecular complexity index is 1270. The molecule has 1 aromatic heterocycles. The summed E-state index contributed by atoms with van der Waals surface area (Å²) < 4.78 is 20.6. The van der Waals surface area contributed by atoms with Crippen LogP contribution in [0.1, 0.15) is 87.1 Å². The number of carbonyl (C=O) groups is 2. The largest absolute Gasteiger partial charge is 0.444 e. The summed E-state index contributed by atoms with van der Waals surface area (Å²) in [6, 6.07) is 4.46. The fraction of sp³-hybridized carbons (Fsp3) is 0.567. The van der Waals surface area contributed by atoms with E-state index in [0.29, 0.717) is 36.2 Å². The summed E-state index contributed by atoms with van der Waals surface area (Å²) in [7, 11) is 0. The molecule has 1 aromatic carbocycles. The third kappa shape index (κ3) is 6.99. The Hall–Kier alpha value is -3.36. The highest BCUT2D eigenvalue weighted by atomic mass is 19.1. The Morgan fingerprint density at radius 1 is 1.13 bits per heavy atom. The molecule has 8 nitrogen and oxygen atoms in total. The minimum atomic E-state index is -0.579. The van der Waals surface area contributed by atoms with Crippen LogP contribution in [0.4, 0.5) is 14.9 Å². The molecule has 2 N–H and O–H groups in total. The number of benzene rings is 1. The second kappa shape index (κ2) is 11.8. The summed E-state index contributed by atoms with van der Waals surface area (Å²) >= 11 is 0. The molecule has 1 fully saturated rings. The first-order valence-corrected chi connectivity index (χ1v) is 13.7. The normalized spacial score (nSPS) is 19.5. The van der Waals surface area contributed by atoms with Gasteiger partial charge in [-0.1, -0.05) is 0 Å². The first kappa shape index (κ1) is 30.2. The molecular formula is C30H43FN4O4. The Kier molecular flexibility index (Phi) is 9.13. The van der Waals surface area contributed by atoms with E-state index in [9.17, 15) is 18.8 Å². The number of aromatic amines is 1. The average molecular weight is 543 g/mol. The van der Waals surface area contributed by atoms with E-state index in [1.807, 2.05) is 61.5 Å². The highest BCUT2D eigenvalue weighted by Crippen LogP contribution is 2.34. The number of hydrogen-bond acceptors (Lipinski definition) is 5. The number of aromatic nitrogens is 1. The monoisotopic (exact) mass is 542 g/mol. The SMILES string of the molecule is CCN(c1cc(F)cc(C(=O)NCc2c(C)cc(C)[nH]c2=O)c1C)C1CC(C)N(C(=O)OC(C)(C)C)[C@H](C)C1. The minimum Gasteiger partial charge on any atom is -0.444 e. The Labute approximate surface area is 230 Å². The standard InChI is InChI=1S/C30H43FN4O4/c1-10-34(23-12-19(4)35(20(5)13-23)29(38)39-30(7,8)9)26-15-22(31)14-24(21(26)6)27(36)32-16-25-17(2)11-18(3)33-28(25)37/h11,14-15,19-20,23H,10,12-13,16H2,1-9H3,(H,32,36)(H,33,37)/t19-,20?,23?/m1/s1. The zero-order chi connectivity index (χ0) is 29.2. The smallest absolute Gasteiger partial charge is 0.410 e. The van der Waals surface area contributed by atoms with Crippen LogP contribution in [0, 0.1) is 26.6 Å². The number of piperidine rings is 1. The molecule has 3 rings (SSSR count). The Balaban J connectivity index is 1.83. The van der Waals surface area contributed by atoms with Crippen LogP contribution in [0.3, 0.4) is 0 Å². The van der Waals surface area contributed by atoms with Crippen molar-refractivity contribution in [2.75, 3.05) is 11.4 Å². The van der Waals surface area contributed by atoms with Gasteiger partial charge in [0.15, 0.2) is 0 Å². The van der Waals surface area contributed by atoms with Crippen LogP contribution in [0.2, 0.25) is 0 Å². The molecule has 39 heavy (non-hydrogen) atoms. The molecule has 1 aliphatic heterocycles. The van der Waals surface area contributed by atoms with Gasteiger partial charge in [-0.3, -0.25) is 9.59 Å². The molecule has 0 spiro atoms. The molecule has 214 valence electrons. The predicted molar refractivity (Wildman–Crippen MR) is 152 cm³/mol. The van der Waals surface area contributed by atoms with E-state index in [4.69, 9.17) is 4.74 Å². The maximum atomic E-state index is 14.9. The van der Waals surface area contributed by atoms with E-state index in [1.54, 1.807) is 11.8 Å². The zero-order valence-electron chi connectivity index (χ0n) is 24.7. The maximum absolute atomic E-state index is 14.9. The van der Waals surface area contributed by atoms with Crippen molar-refractivity contribution in [1.82, 2.24) is 15.2 Å². The highest BCUT2D eigenvalue weighted by Gasteiger charge is 2.38. The van der Waals surface area contributed by atoms with Gasteiger partial charge in [-0.15, -0.1) is 0 Å². The van der Waals surface area contributed by atoms with Crippen molar-refractivity contribution < 1.29 is 18.7 Å². The topological polar surface area (TPSA) is 94.7 Å². The minimum absolute atomic E-state index is 0.0429. The number of H-pyrrole nitrogens is 1. The van der Waals surface area contributed by atoms with Crippen molar-refractivity contribution in [3.63, 3.8) is 0 Å². The second-order valence-electron chi connectivity index (χ2n) is 11.7. The first-order valence-electron chi connectivity index (χ1n) is 13.7. The van der Waals surface area contributed by atoms with Crippen LogP contribution in [0.5, 0.6) is 0 Å². The number of aryl methyl sites for hydroxylation is 2. The van der Waals surface area contributed by atoms with Crippen molar-refractivity contribution >= 4 is 17.7 Å². The van der Waals surface area contributed by atoms with Gasteiger partial charge >= 0.3 is 6.09 Å². The van der Waals surface area contributed by atoms with Crippen LogP contribution in [-0.2, 0) is 11.3 Å². The van der Waals surface area contributed by atoms with Gasteiger partial charge < -0.3 is 24.8 Å². The third-order valence-corrected chi connectivity index (χ3v) is 7.38. The fourth-order valence-corrected chi connectivity index (χ4v) is 5.66. The fourth-order valence-electron chi connectivity index (χ4n) is 5.66. The van der Waals surface area contributed by atoms with Gasteiger partial charge in [0.2, 0.25) is 0 Å². The van der Waals surface area contributed by atoms with Crippen molar-refractivity contribution in [1.29, 1.82) is 0 Å². The van der Waals surface area contributed by atoms with Crippen molar-refractivity contribution in [2.24, 2.45) is 0 Å². The summed E-state index contributed by atoms with van der Waals surface area (Å²) in [6.45, 7) is 17.7. The molecule has 2 heterocycles. The van der Waals surface area contributed by atoms with Crippen molar-refractivity contribution in [3.05, 3.63) is 62.3 Å². The zero-order valence-corrected chi connectivity index (χ0v) is 24.7. The number of nitrogens with one attached hydrogen (secondary N) is 2. The number of rotatable bonds is 6. The van der Waals surface area contributed by atoms with Crippen LogP contribution >= 0.6 is 0 Å². The second-order valence-corrected chi connectivity index (χ2v) is 11.7. The van der Waals surface area contributed by atoms with Gasteiger partial charge in [-0.25, -0.2) is 9.18 Å². The van der Waals surface area contributed by atoms with E-state index in [-0.39, 0.29) is 41.9 Å². The number of amides is 2. The van der Waals surface area contributed by atoms with Gasteiger partial charge in [0, 0.05) is 53.7 Å². The van der Waals surface area contributed by atoms with E-state index in [2.05, 4.69) is 15.2 Å². The van der Waals surface area contributed by atoms with Crippen LogP contribution in [0.25, 0.3) is 0 Å². The number of pyridine rings is 1. The summed E-state index contributed by atoms with van der Waals surface area (Å²) in [5, 5.41) is 2.80. The maximum Gasteiger partial charge on any atom is 0.410 e. The molecule has 2 aromatic rings. The lowest BCUT2D eigenvalue weighted by atomic mass is 9.90. The molecule has 1 aliphatic rings. The number of halogens is 1. The number of carbonyl (C=O) groups excluding carboxylic acids is 2. The van der Waals surface area contributed by atoms with Crippen LogP contribution in [-0.4, -0.2) is 52.2 Å². The molecule has 0 bridgehead atoms. The van der Waals surface area contributed by atoms with Crippen LogP contribution < -0.4 is 15.8 Å². The molecule has 0 radical (unpaired) electrons. The summed E-state index contributed by atoms with van der Waals surface area (Å²) in [4.78, 5) is 45.1. The van der Waals surface area contributed by atoms with E-state index < -0.39 is 17.3 Å². The predicted octanol–water partition coefficient (Wildman–Crippen LogP) is 5.37. The third-order valence-electron chi connectivity index (χ3n) is 7.38. The quantitative estimate of drug-likeness (QED) is 0.512. The Morgan fingerprint density at radius 3 is 2.28 bits per heavy atom. The molecule has 1 saturated heterocycles. The molecular weight excluding hydrogens is 499 g/mol. The van der Waals surface area contributed by atoms with Crippen LogP contribution in [0.15, 0.2) is 23.0 Å². The lowest BCUT2D eigenvalue weighted by molar-refractivity contribution is -0.00252. The molecule has 3 atom stereocenters. The molecule has 0 saturated carbocycles. The van der Waals surface area contributed by atoms with Gasteiger partial charge in [0.1, 0.15) is 11.4 Å². The van der Waals surface area contributed by atoms with E-state index in [1.165, 1.54) is 12.1 Å². The summed E-state index contributed by atoms with van der Waals surface area (Å²) in [5.74, 6) is -0.944. The average Bonchev–Trinajstić information content (AvgIpc) is 2.79. The van der Waals surface area contributed by atoms with Gasteiger partial charge in [0.05, 0.1) is 0 Å². The summed E-state index contributed by atoms with van der Waals surface area (Å²) in [5.41, 5.74) is 2.73. The number of anilines is 1. The van der Waals surface area contributed by atoms with Gasteiger partial charge in [-0.2, -0.15) is 0 Å². The van der Waals surface area contributed by atoms with Crippen molar-refractivity contribution in [3.8, 4) is 0 Å². The number of hydrogen-bond donors (Lipinski definition) is 2. The van der Waals surface area contributed by atoms with Crippen molar-refractivity contribution in [2.45, 2.75) is 105 Å². The lowest BCUT2D eigenvalue weighted by Gasteiger charge is -2.47. The molecule has 9 heteroatoms.